The van der Waals surface area contributed by atoms with Crippen LogP contribution in [0.4, 0.5) is 0 Å². The molecule has 10 nitrogen and oxygen atoms in total. The number of hydrogen-bond acceptors (Lipinski definition) is 8. The fourth-order valence-electron chi connectivity index (χ4n) is 7.07. The van der Waals surface area contributed by atoms with E-state index in [0.29, 0.717) is 13.0 Å². The van der Waals surface area contributed by atoms with Crippen LogP contribution in [0.15, 0.2) is 24.3 Å². The maximum Gasteiger partial charge on any atom is 0.472 e. The summed E-state index contributed by atoms with van der Waals surface area (Å²) in [5.41, 5.74) is 5.37. The van der Waals surface area contributed by atoms with Crippen molar-refractivity contribution in [3.8, 4) is 0 Å². The molecule has 0 aromatic carbocycles. The third kappa shape index (κ3) is 44.5. The van der Waals surface area contributed by atoms with Gasteiger partial charge in [-0.05, 0) is 64.2 Å². The zero-order chi connectivity index (χ0) is 44.0. The summed E-state index contributed by atoms with van der Waals surface area (Å²) in [6.07, 6.45) is 50.9. The van der Waals surface area contributed by atoms with Gasteiger partial charge in [-0.1, -0.05) is 192 Å². The van der Waals surface area contributed by atoms with Gasteiger partial charge in [-0.3, -0.25) is 18.6 Å². The summed E-state index contributed by atoms with van der Waals surface area (Å²) in [5, 5.41) is 8.92. The quantitative estimate of drug-likeness (QED) is 0.0233. The molecule has 0 bridgehead atoms. The third-order valence-corrected chi connectivity index (χ3v) is 11.9. The van der Waals surface area contributed by atoms with E-state index in [-0.39, 0.29) is 13.0 Å². The number of esters is 1. The maximum absolute atomic E-state index is 12.7. The Hall–Kier alpha value is -1.55. The van der Waals surface area contributed by atoms with Crippen LogP contribution in [-0.4, -0.2) is 60.5 Å². The number of phosphoric ester groups is 1. The average molecular weight is 872 g/mol. The molecule has 0 rings (SSSR count). The number of hydrogen-bond donors (Lipinski definition) is 3. The lowest BCUT2D eigenvalue weighted by Crippen LogP contribution is -2.34. The van der Waals surface area contributed by atoms with E-state index in [9.17, 15) is 19.0 Å². The highest BCUT2D eigenvalue weighted by Crippen LogP contribution is 2.43. The molecule has 0 aliphatic rings. The van der Waals surface area contributed by atoms with Crippen LogP contribution in [0.3, 0.4) is 0 Å². The molecule has 0 aromatic heterocycles. The summed E-state index contributed by atoms with van der Waals surface area (Å²) in [6.45, 7) is 3.90. The Morgan fingerprint density at radius 1 is 0.517 bits per heavy atom. The summed E-state index contributed by atoms with van der Waals surface area (Å²) < 4.78 is 33.5. The molecule has 0 heterocycles. The standard InChI is InChI=1S/C49H94NO9P/c1-3-5-7-9-11-13-15-17-19-21-22-23-24-25-26-28-30-32-34-36-38-40-42-56-43-46(44-57-60(54,55)58-45-47(50)49(52)53)59-48(51)41-39-37-35-33-31-29-27-20-18-16-14-12-10-8-6-4-2/h20-22,27,46-47H,3-19,23-26,28-45,50H2,1-2H3,(H,52,53)(H,54,55)/b22-21-,27-20-. The van der Waals surface area contributed by atoms with Crippen LogP contribution in [0, 0.1) is 0 Å². The number of unbranched alkanes of at least 4 members (excludes halogenated alkanes) is 30. The van der Waals surface area contributed by atoms with Crippen molar-refractivity contribution < 1.29 is 42.7 Å². The molecular formula is C49H94NO9P. The van der Waals surface area contributed by atoms with Gasteiger partial charge in [0.2, 0.25) is 0 Å². The topological polar surface area (TPSA) is 155 Å². The molecule has 60 heavy (non-hydrogen) atoms. The van der Waals surface area contributed by atoms with E-state index in [2.05, 4.69) is 38.2 Å². The highest BCUT2D eigenvalue weighted by Gasteiger charge is 2.27. The van der Waals surface area contributed by atoms with Crippen LogP contribution < -0.4 is 5.73 Å². The van der Waals surface area contributed by atoms with Gasteiger partial charge >= 0.3 is 19.8 Å². The Balaban J connectivity index is 4.13. The van der Waals surface area contributed by atoms with Crippen LogP contribution in [0.1, 0.15) is 239 Å². The normalized spacial score (nSPS) is 13.9. The number of aliphatic carboxylic acids is 1. The van der Waals surface area contributed by atoms with Gasteiger partial charge in [0, 0.05) is 13.0 Å². The molecule has 0 amide bonds. The van der Waals surface area contributed by atoms with Crippen molar-refractivity contribution in [2.24, 2.45) is 5.73 Å². The van der Waals surface area contributed by atoms with Gasteiger partial charge in [0.05, 0.1) is 19.8 Å². The molecule has 11 heteroatoms. The molecule has 0 saturated heterocycles. The number of ether oxygens (including phenoxy) is 2. The van der Waals surface area contributed by atoms with Gasteiger partial charge in [0.25, 0.3) is 0 Å². The fourth-order valence-corrected chi connectivity index (χ4v) is 7.84. The van der Waals surface area contributed by atoms with Gasteiger partial charge in [0.15, 0.2) is 0 Å². The molecule has 0 radical (unpaired) electrons. The lowest BCUT2D eigenvalue weighted by molar-refractivity contribution is -0.154. The first-order valence-corrected chi connectivity index (χ1v) is 26.4. The van der Waals surface area contributed by atoms with E-state index in [1.54, 1.807) is 0 Å². The lowest BCUT2D eigenvalue weighted by Gasteiger charge is -2.20. The van der Waals surface area contributed by atoms with E-state index in [0.717, 1.165) is 51.4 Å². The number of carbonyl (C=O) groups is 2. The largest absolute Gasteiger partial charge is 0.480 e. The van der Waals surface area contributed by atoms with Crippen molar-refractivity contribution in [3.05, 3.63) is 24.3 Å². The second kappa shape index (κ2) is 45.5. The smallest absolute Gasteiger partial charge is 0.472 e. The number of nitrogens with two attached hydrogens (primary N) is 1. The maximum atomic E-state index is 12.7. The molecule has 3 atom stereocenters. The zero-order valence-corrected chi connectivity index (χ0v) is 39.7. The zero-order valence-electron chi connectivity index (χ0n) is 38.8. The van der Waals surface area contributed by atoms with Crippen molar-refractivity contribution in [1.29, 1.82) is 0 Å². The summed E-state index contributed by atoms with van der Waals surface area (Å²) in [6, 6.07) is -1.47. The second-order valence-corrected chi connectivity index (χ2v) is 18.4. The van der Waals surface area contributed by atoms with Gasteiger partial charge < -0.3 is 25.2 Å². The predicted octanol–water partition coefficient (Wildman–Crippen LogP) is 14.3. The predicted molar refractivity (Wildman–Crippen MR) is 249 cm³/mol. The molecule has 354 valence electrons. The van der Waals surface area contributed by atoms with Crippen molar-refractivity contribution in [2.45, 2.75) is 251 Å². The van der Waals surface area contributed by atoms with E-state index in [4.69, 9.17) is 29.4 Å². The number of carboxylic acids is 1. The molecule has 0 aromatic rings. The number of phosphoric acid groups is 1. The Labute approximate surface area is 368 Å². The molecule has 3 unspecified atom stereocenters. The van der Waals surface area contributed by atoms with Crippen molar-refractivity contribution in [3.63, 3.8) is 0 Å². The molecule has 0 saturated carbocycles. The van der Waals surface area contributed by atoms with Crippen molar-refractivity contribution in [1.82, 2.24) is 0 Å². The Morgan fingerprint density at radius 2 is 0.867 bits per heavy atom. The minimum absolute atomic E-state index is 0.0158. The Morgan fingerprint density at radius 3 is 1.27 bits per heavy atom. The minimum atomic E-state index is -4.62. The molecule has 0 fully saturated rings. The highest BCUT2D eigenvalue weighted by atomic mass is 31.2. The minimum Gasteiger partial charge on any atom is -0.480 e. The number of carboxylic acid groups (broad SMARTS) is 1. The van der Waals surface area contributed by atoms with E-state index < -0.39 is 45.1 Å². The molecular weight excluding hydrogens is 778 g/mol. The lowest BCUT2D eigenvalue weighted by atomic mass is 10.1. The van der Waals surface area contributed by atoms with Gasteiger partial charge in [-0.25, -0.2) is 4.57 Å². The van der Waals surface area contributed by atoms with Gasteiger partial charge in [0.1, 0.15) is 12.1 Å². The number of rotatable bonds is 48. The first-order chi connectivity index (χ1) is 29.2. The first kappa shape index (κ1) is 58.5. The second-order valence-electron chi connectivity index (χ2n) is 16.9. The average Bonchev–Trinajstić information content (AvgIpc) is 3.23. The van der Waals surface area contributed by atoms with Gasteiger partial charge in [-0.2, -0.15) is 0 Å². The van der Waals surface area contributed by atoms with Crippen molar-refractivity contribution >= 4 is 19.8 Å². The van der Waals surface area contributed by atoms with E-state index in [1.807, 2.05) is 0 Å². The fraction of sp³-hybridized carbons (Fsp3) is 0.878. The van der Waals surface area contributed by atoms with Crippen LogP contribution >= 0.6 is 7.82 Å². The van der Waals surface area contributed by atoms with Crippen LogP contribution in [-0.2, 0) is 32.7 Å². The molecule has 0 aliphatic heterocycles. The van der Waals surface area contributed by atoms with Gasteiger partial charge in [-0.15, -0.1) is 0 Å². The Kier molecular flexibility index (Phi) is 44.3. The first-order valence-electron chi connectivity index (χ1n) is 24.9. The van der Waals surface area contributed by atoms with E-state index in [1.165, 1.54) is 161 Å². The summed E-state index contributed by atoms with van der Waals surface area (Å²) >= 11 is 0. The summed E-state index contributed by atoms with van der Waals surface area (Å²) in [5.74, 6) is -1.78. The monoisotopic (exact) mass is 872 g/mol. The van der Waals surface area contributed by atoms with Crippen LogP contribution in [0.2, 0.25) is 0 Å². The molecule has 0 aliphatic carbocycles. The van der Waals surface area contributed by atoms with Crippen LogP contribution in [0.5, 0.6) is 0 Å². The van der Waals surface area contributed by atoms with Crippen molar-refractivity contribution in [2.75, 3.05) is 26.4 Å². The summed E-state index contributed by atoms with van der Waals surface area (Å²) in [4.78, 5) is 33.6. The number of allylic oxidation sites excluding steroid dienone is 4. The molecule has 4 N–H and O–H groups in total. The summed E-state index contributed by atoms with van der Waals surface area (Å²) in [7, 11) is -4.62. The van der Waals surface area contributed by atoms with E-state index >= 15 is 0 Å². The number of carbonyl (C=O) groups excluding carboxylic acids is 1. The molecule has 0 spiro atoms. The SMILES string of the molecule is CCCCCCCCC/C=C\CCCCCCCC(=O)OC(COCCCCCCCCCCCC/C=C\CCCCCCCCCC)COP(=O)(O)OCC(N)C(=O)O. The van der Waals surface area contributed by atoms with Crippen LogP contribution in [0.25, 0.3) is 0 Å². The highest BCUT2D eigenvalue weighted by molar-refractivity contribution is 7.47. The third-order valence-electron chi connectivity index (χ3n) is 11.0. The Bertz CT molecular complexity index is 1060.